The molecule has 0 atom stereocenters. The Morgan fingerprint density at radius 3 is 2.69 bits per heavy atom. The van der Waals surface area contributed by atoms with Crippen molar-refractivity contribution in [2.75, 3.05) is 31.6 Å². The van der Waals surface area contributed by atoms with Crippen molar-refractivity contribution < 1.29 is 4.42 Å². The number of hydrogen-bond acceptors (Lipinski definition) is 5. The number of H-pyrrole nitrogens is 1. The third-order valence-corrected chi connectivity index (χ3v) is 4.32. The van der Waals surface area contributed by atoms with Gasteiger partial charge in [0.05, 0.1) is 12.8 Å². The number of nitrogens with one attached hydrogen (secondary N) is 3. The number of benzene rings is 1. The van der Waals surface area contributed by atoms with Gasteiger partial charge in [-0.25, -0.2) is 4.98 Å². The predicted octanol–water partition coefficient (Wildman–Crippen LogP) is 3.26. The fraction of sp³-hybridized carbons (Fsp3) is 0.350. The molecular weight excluding hydrogens is 481 g/mol. The normalized spacial score (nSPS) is 11.0. The largest absolute Gasteiger partial charge is 0.461 e. The van der Waals surface area contributed by atoms with Crippen LogP contribution in [0.15, 0.2) is 58.1 Å². The molecule has 3 rings (SSSR count). The van der Waals surface area contributed by atoms with Crippen LogP contribution in [0.3, 0.4) is 0 Å². The summed E-state index contributed by atoms with van der Waals surface area (Å²) in [7, 11) is 1.76. The van der Waals surface area contributed by atoms with Crippen molar-refractivity contribution in [2.24, 2.45) is 4.99 Å². The molecule has 0 saturated carbocycles. The van der Waals surface area contributed by atoms with Gasteiger partial charge in [-0.1, -0.05) is 18.2 Å². The average molecular weight is 509 g/mol. The molecule has 2 heterocycles. The number of aromatic nitrogens is 3. The SMILES string of the molecule is CCN(CCCNC(=NC)NCc1nc(-c2ccco2)n[nH]1)c1ccccc1.I. The summed E-state index contributed by atoms with van der Waals surface area (Å²) in [6, 6.07) is 14.1. The molecule has 29 heavy (non-hydrogen) atoms. The number of furan rings is 1. The van der Waals surface area contributed by atoms with E-state index in [0.717, 1.165) is 37.8 Å². The minimum absolute atomic E-state index is 0. The van der Waals surface area contributed by atoms with Crippen molar-refractivity contribution in [1.29, 1.82) is 0 Å². The third-order valence-electron chi connectivity index (χ3n) is 4.32. The van der Waals surface area contributed by atoms with E-state index in [0.29, 0.717) is 18.1 Å². The lowest BCUT2D eigenvalue weighted by atomic mass is 10.2. The van der Waals surface area contributed by atoms with Crippen LogP contribution in [0.4, 0.5) is 5.69 Å². The minimum Gasteiger partial charge on any atom is -0.461 e. The first-order valence-corrected chi connectivity index (χ1v) is 9.49. The maximum absolute atomic E-state index is 5.30. The van der Waals surface area contributed by atoms with Crippen LogP contribution in [0.25, 0.3) is 11.6 Å². The molecule has 0 saturated heterocycles. The molecule has 0 aliphatic heterocycles. The van der Waals surface area contributed by atoms with Crippen LogP contribution in [0.1, 0.15) is 19.2 Å². The highest BCUT2D eigenvalue weighted by Gasteiger charge is 2.09. The van der Waals surface area contributed by atoms with Crippen LogP contribution in [0.5, 0.6) is 0 Å². The predicted molar refractivity (Wildman–Crippen MR) is 127 cm³/mol. The summed E-state index contributed by atoms with van der Waals surface area (Å²) in [6.45, 7) is 5.48. The lowest BCUT2D eigenvalue weighted by Crippen LogP contribution is -2.38. The van der Waals surface area contributed by atoms with Gasteiger partial charge in [0.15, 0.2) is 11.7 Å². The second-order valence-corrected chi connectivity index (χ2v) is 6.20. The third kappa shape index (κ3) is 6.77. The fourth-order valence-electron chi connectivity index (χ4n) is 2.86. The highest BCUT2D eigenvalue weighted by Crippen LogP contribution is 2.14. The molecule has 0 spiro atoms. The van der Waals surface area contributed by atoms with Crippen molar-refractivity contribution in [3.8, 4) is 11.6 Å². The van der Waals surface area contributed by atoms with Gasteiger partial charge in [-0.15, -0.1) is 29.1 Å². The fourth-order valence-corrected chi connectivity index (χ4v) is 2.86. The van der Waals surface area contributed by atoms with Crippen LogP contribution in [-0.2, 0) is 6.54 Å². The molecule has 156 valence electrons. The number of guanidine groups is 1. The van der Waals surface area contributed by atoms with Gasteiger partial charge in [0.25, 0.3) is 0 Å². The van der Waals surface area contributed by atoms with Crippen LogP contribution in [0, 0.1) is 0 Å². The monoisotopic (exact) mass is 509 g/mol. The Balaban J connectivity index is 0.00000300. The number of anilines is 1. The quantitative estimate of drug-likeness (QED) is 0.178. The average Bonchev–Trinajstić information content (AvgIpc) is 3.42. The van der Waals surface area contributed by atoms with E-state index >= 15 is 0 Å². The van der Waals surface area contributed by atoms with E-state index in [2.05, 4.69) is 66.9 Å². The maximum atomic E-state index is 5.30. The van der Waals surface area contributed by atoms with E-state index < -0.39 is 0 Å². The van der Waals surface area contributed by atoms with Crippen molar-refractivity contribution in [3.63, 3.8) is 0 Å². The van der Waals surface area contributed by atoms with E-state index in [1.165, 1.54) is 5.69 Å². The van der Waals surface area contributed by atoms with Gasteiger partial charge in [0.2, 0.25) is 5.82 Å². The highest BCUT2D eigenvalue weighted by atomic mass is 127. The van der Waals surface area contributed by atoms with E-state index in [9.17, 15) is 0 Å². The standard InChI is InChI=1S/C20H27N7O.HI/c1-3-27(16-9-5-4-6-10-16)13-8-12-22-20(21-2)23-15-18-24-19(26-25-18)17-11-7-14-28-17;/h4-7,9-11,14H,3,8,12-13,15H2,1-2H3,(H2,21,22,23)(H,24,25,26);1H. The van der Waals surface area contributed by atoms with Crippen molar-refractivity contribution in [2.45, 2.75) is 19.9 Å². The van der Waals surface area contributed by atoms with Gasteiger partial charge < -0.3 is 20.0 Å². The molecule has 0 aliphatic carbocycles. The lowest BCUT2D eigenvalue weighted by molar-refractivity contribution is 0.577. The van der Waals surface area contributed by atoms with Crippen molar-refractivity contribution in [1.82, 2.24) is 25.8 Å². The summed E-state index contributed by atoms with van der Waals surface area (Å²) in [5.74, 6) is 2.64. The highest BCUT2D eigenvalue weighted by molar-refractivity contribution is 14.0. The molecule has 8 nitrogen and oxygen atoms in total. The van der Waals surface area contributed by atoms with Crippen LogP contribution in [-0.4, -0.2) is 47.8 Å². The first kappa shape index (κ1) is 22.7. The molecular formula is C20H28IN7O. The summed E-state index contributed by atoms with van der Waals surface area (Å²) in [5.41, 5.74) is 1.25. The zero-order chi connectivity index (χ0) is 19.6. The number of aromatic amines is 1. The van der Waals surface area contributed by atoms with Gasteiger partial charge in [-0.05, 0) is 37.6 Å². The molecule has 0 radical (unpaired) electrons. The van der Waals surface area contributed by atoms with Crippen LogP contribution in [0.2, 0.25) is 0 Å². The number of halogens is 1. The molecule has 0 bridgehead atoms. The van der Waals surface area contributed by atoms with Crippen molar-refractivity contribution >= 4 is 35.6 Å². The molecule has 0 aliphatic rings. The van der Waals surface area contributed by atoms with Crippen LogP contribution < -0.4 is 15.5 Å². The van der Waals surface area contributed by atoms with E-state index in [4.69, 9.17) is 4.42 Å². The van der Waals surface area contributed by atoms with Crippen LogP contribution >= 0.6 is 24.0 Å². The van der Waals surface area contributed by atoms with E-state index in [1.807, 2.05) is 18.2 Å². The Hall–Kier alpha value is -2.56. The van der Waals surface area contributed by atoms with Gasteiger partial charge in [-0.2, -0.15) is 0 Å². The molecule has 2 aromatic heterocycles. The molecule has 1 aromatic carbocycles. The summed E-state index contributed by atoms with van der Waals surface area (Å²) in [4.78, 5) is 11.0. The molecule has 0 amide bonds. The number of rotatable bonds is 9. The zero-order valence-electron chi connectivity index (χ0n) is 16.8. The Kier molecular flexibility index (Phi) is 9.48. The first-order valence-electron chi connectivity index (χ1n) is 9.49. The zero-order valence-corrected chi connectivity index (χ0v) is 19.1. The number of hydrogen-bond donors (Lipinski definition) is 3. The number of para-hydroxylation sites is 1. The van der Waals surface area contributed by atoms with E-state index in [-0.39, 0.29) is 24.0 Å². The summed E-state index contributed by atoms with van der Waals surface area (Å²) in [5, 5.41) is 13.6. The first-order chi connectivity index (χ1) is 13.8. The topological polar surface area (TPSA) is 94.4 Å². The molecule has 9 heteroatoms. The molecule has 3 aromatic rings. The lowest BCUT2D eigenvalue weighted by Gasteiger charge is -2.23. The van der Waals surface area contributed by atoms with Crippen molar-refractivity contribution in [3.05, 3.63) is 54.6 Å². The summed E-state index contributed by atoms with van der Waals surface area (Å²) < 4.78 is 5.30. The second kappa shape index (κ2) is 12.1. The Bertz CT molecular complexity index is 849. The second-order valence-electron chi connectivity index (χ2n) is 6.20. The Labute approximate surface area is 188 Å². The Morgan fingerprint density at radius 1 is 1.17 bits per heavy atom. The minimum atomic E-state index is 0. The van der Waals surface area contributed by atoms with Gasteiger partial charge in [-0.3, -0.25) is 10.1 Å². The maximum Gasteiger partial charge on any atom is 0.216 e. The van der Waals surface area contributed by atoms with Gasteiger partial charge in [0.1, 0.15) is 5.82 Å². The molecule has 0 unspecified atom stereocenters. The summed E-state index contributed by atoms with van der Waals surface area (Å²) in [6.07, 6.45) is 2.61. The molecule has 0 fully saturated rings. The molecule has 3 N–H and O–H groups in total. The number of aliphatic imine (C=N–C) groups is 1. The summed E-state index contributed by atoms with van der Waals surface area (Å²) >= 11 is 0. The smallest absolute Gasteiger partial charge is 0.216 e. The van der Waals surface area contributed by atoms with Gasteiger partial charge in [0, 0.05) is 32.4 Å². The number of nitrogens with zero attached hydrogens (tertiary/aromatic N) is 4. The van der Waals surface area contributed by atoms with E-state index in [1.54, 1.807) is 13.3 Å². The van der Waals surface area contributed by atoms with Gasteiger partial charge >= 0.3 is 0 Å². The Morgan fingerprint density at radius 2 is 2.00 bits per heavy atom.